The van der Waals surface area contributed by atoms with Gasteiger partial charge in [0.2, 0.25) is 0 Å². The van der Waals surface area contributed by atoms with Crippen molar-refractivity contribution >= 4 is 12.0 Å². The lowest BCUT2D eigenvalue weighted by Gasteiger charge is -2.35. The van der Waals surface area contributed by atoms with Gasteiger partial charge in [0.15, 0.2) is 0 Å². The number of rotatable bonds is 7. The fourth-order valence-electron chi connectivity index (χ4n) is 2.69. The highest BCUT2D eigenvalue weighted by atomic mass is 16.5. The number of nitrogens with zero attached hydrogens (tertiary/aromatic N) is 1. The molecule has 2 aliphatic rings. The Morgan fingerprint density at radius 2 is 1.95 bits per heavy atom. The number of carbonyl (C=O) groups is 2. The second-order valence-electron chi connectivity index (χ2n) is 6.32. The van der Waals surface area contributed by atoms with E-state index in [4.69, 9.17) is 4.74 Å². The maximum atomic E-state index is 12.2. The number of hydrogen-bond acceptors (Lipinski definition) is 3. The standard InChI is InChI=1S/C15H26N2O4/c1-17(9-10-21-11-12-5-6-12)14(20)16-15(13(18)19)7-3-2-4-8-15/h12H,2-11H2,1H3,(H,16,20)(H,18,19). The molecule has 0 aromatic heterocycles. The molecule has 2 rings (SSSR count). The van der Waals surface area contributed by atoms with Crippen LogP contribution in [-0.4, -0.2) is 54.4 Å². The first-order chi connectivity index (χ1) is 10.0. The van der Waals surface area contributed by atoms with E-state index in [2.05, 4.69) is 5.32 Å². The van der Waals surface area contributed by atoms with Crippen LogP contribution in [0.15, 0.2) is 0 Å². The molecule has 120 valence electrons. The summed E-state index contributed by atoms with van der Waals surface area (Å²) in [5, 5.41) is 12.2. The van der Waals surface area contributed by atoms with Crippen LogP contribution in [0, 0.1) is 5.92 Å². The smallest absolute Gasteiger partial charge is 0.329 e. The molecule has 2 saturated carbocycles. The third kappa shape index (κ3) is 4.59. The Kier molecular flexibility index (Phi) is 5.45. The molecule has 0 bridgehead atoms. The molecule has 2 fully saturated rings. The molecule has 0 aromatic rings. The summed E-state index contributed by atoms with van der Waals surface area (Å²) in [5.41, 5.74) is -1.08. The molecule has 0 aromatic carbocycles. The molecule has 21 heavy (non-hydrogen) atoms. The van der Waals surface area contributed by atoms with Crippen LogP contribution < -0.4 is 5.32 Å². The minimum Gasteiger partial charge on any atom is -0.480 e. The van der Waals surface area contributed by atoms with E-state index in [1.807, 2.05) is 0 Å². The van der Waals surface area contributed by atoms with Crippen molar-refractivity contribution in [2.24, 2.45) is 5.92 Å². The van der Waals surface area contributed by atoms with Gasteiger partial charge in [-0.2, -0.15) is 0 Å². The van der Waals surface area contributed by atoms with E-state index >= 15 is 0 Å². The van der Waals surface area contributed by atoms with Crippen LogP contribution in [0.1, 0.15) is 44.9 Å². The van der Waals surface area contributed by atoms with Crippen LogP contribution in [0.4, 0.5) is 4.79 Å². The first kappa shape index (κ1) is 16.1. The third-order valence-corrected chi connectivity index (χ3v) is 4.43. The maximum absolute atomic E-state index is 12.2. The average Bonchev–Trinajstić information content (AvgIpc) is 3.28. The van der Waals surface area contributed by atoms with Crippen molar-refractivity contribution in [3.05, 3.63) is 0 Å². The van der Waals surface area contributed by atoms with E-state index in [0.717, 1.165) is 25.9 Å². The third-order valence-electron chi connectivity index (χ3n) is 4.43. The molecule has 0 saturated heterocycles. The number of carbonyl (C=O) groups excluding carboxylic acids is 1. The van der Waals surface area contributed by atoms with Crippen molar-refractivity contribution in [3.63, 3.8) is 0 Å². The number of urea groups is 1. The van der Waals surface area contributed by atoms with E-state index in [1.54, 1.807) is 7.05 Å². The van der Waals surface area contributed by atoms with Gasteiger partial charge in [-0.25, -0.2) is 9.59 Å². The Morgan fingerprint density at radius 3 is 2.52 bits per heavy atom. The summed E-state index contributed by atoms with van der Waals surface area (Å²) in [6, 6.07) is -0.325. The van der Waals surface area contributed by atoms with E-state index in [-0.39, 0.29) is 6.03 Å². The fraction of sp³-hybridized carbons (Fsp3) is 0.867. The maximum Gasteiger partial charge on any atom is 0.329 e. The monoisotopic (exact) mass is 298 g/mol. The lowest BCUT2D eigenvalue weighted by molar-refractivity contribution is -0.145. The highest BCUT2D eigenvalue weighted by Gasteiger charge is 2.41. The van der Waals surface area contributed by atoms with E-state index < -0.39 is 11.5 Å². The molecule has 0 atom stereocenters. The molecule has 6 nitrogen and oxygen atoms in total. The van der Waals surface area contributed by atoms with Gasteiger partial charge in [-0.1, -0.05) is 19.3 Å². The average molecular weight is 298 g/mol. The summed E-state index contributed by atoms with van der Waals surface area (Å²) in [5.74, 6) is -0.212. The largest absolute Gasteiger partial charge is 0.480 e. The van der Waals surface area contributed by atoms with E-state index in [9.17, 15) is 14.7 Å². The number of carboxylic acid groups (broad SMARTS) is 1. The summed E-state index contributed by atoms with van der Waals surface area (Å²) < 4.78 is 5.50. The minimum absolute atomic E-state index is 0.325. The zero-order chi connectivity index (χ0) is 15.3. The van der Waals surface area contributed by atoms with Crippen LogP contribution in [-0.2, 0) is 9.53 Å². The fourth-order valence-corrected chi connectivity index (χ4v) is 2.69. The molecule has 6 heteroatoms. The van der Waals surface area contributed by atoms with Crippen LogP contribution in [0.25, 0.3) is 0 Å². The first-order valence-corrected chi connectivity index (χ1v) is 7.88. The Labute approximate surface area is 125 Å². The molecular formula is C15H26N2O4. The number of hydrogen-bond donors (Lipinski definition) is 2. The predicted molar refractivity (Wildman–Crippen MR) is 78.2 cm³/mol. The second kappa shape index (κ2) is 7.11. The lowest BCUT2D eigenvalue weighted by atomic mass is 9.82. The summed E-state index contributed by atoms with van der Waals surface area (Å²) in [6.45, 7) is 1.75. The van der Waals surface area contributed by atoms with Crippen LogP contribution >= 0.6 is 0 Å². The van der Waals surface area contributed by atoms with Crippen molar-refractivity contribution in [1.29, 1.82) is 0 Å². The summed E-state index contributed by atoms with van der Waals surface area (Å²) in [4.78, 5) is 25.2. The van der Waals surface area contributed by atoms with Gasteiger partial charge in [0, 0.05) is 20.2 Å². The van der Waals surface area contributed by atoms with Gasteiger partial charge in [-0.05, 0) is 31.6 Å². The second-order valence-corrected chi connectivity index (χ2v) is 6.32. The predicted octanol–water partition coefficient (Wildman–Crippen LogP) is 1.84. The van der Waals surface area contributed by atoms with Crippen LogP contribution in [0.5, 0.6) is 0 Å². The summed E-state index contributed by atoms with van der Waals surface area (Å²) in [6.07, 6.45) is 6.26. The quantitative estimate of drug-likeness (QED) is 0.703. The molecule has 0 unspecified atom stereocenters. The van der Waals surface area contributed by atoms with Gasteiger partial charge >= 0.3 is 12.0 Å². The minimum atomic E-state index is -1.08. The summed E-state index contributed by atoms with van der Waals surface area (Å²) >= 11 is 0. The molecule has 2 aliphatic carbocycles. The number of carboxylic acids is 1. The number of aliphatic carboxylic acids is 1. The Bertz CT molecular complexity index is 376. The van der Waals surface area contributed by atoms with Gasteiger partial charge in [-0.3, -0.25) is 0 Å². The van der Waals surface area contributed by atoms with E-state index in [0.29, 0.717) is 31.9 Å². The zero-order valence-corrected chi connectivity index (χ0v) is 12.8. The molecule has 0 spiro atoms. The van der Waals surface area contributed by atoms with Gasteiger partial charge < -0.3 is 20.1 Å². The van der Waals surface area contributed by atoms with Gasteiger partial charge in [0.05, 0.1) is 6.61 Å². The Morgan fingerprint density at radius 1 is 1.29 bits per heavy atom. The Balaban J connectivity index is 1.75. The molecule has 2 N–H and O–H groups in total. The van der Waals surface area contributed by atoms with Crippen molar-refractivity contribution in [3.8, 4) is 0 Å². The number of amides is 2. The van der Waals surface area contributed by atoms with Gasteiger partial charge in [0.1, 0.15) is 5.54 Å². The molecular weight excluding hydrogens is 272 g/mol. The first-order valence-electron chi connectivity index (χ1n) is 7.88. The van der Waals surface area contributed by atoms with Crippen LogP contribution in [0.2, 0.25) is 0 Å². The molecule has 0 aliphatic heterocycles. The number of nitrogens with one attached hydrogen (secondary N) is 1. The van der Waals surface area contributed by atoms with Gasteiger partial charge in [0.25, 0.3) is 0 Å². The highest BCUT2D eigenvalue weighted by molar-refractivity contribution is 5.86. The van der Waals surface area contributed by atoms with Crippen molar-refractivity contribution < 1.29 is 19.4 Å². The van der Waals surface area contributed by atoms with Crippen LogP contribution in [0.3, 0.4) is 0 Å². The molecule has 2 amide bonds. The normalized spacial score (nSPS) is 20.8. The summed E-state index contributed by atoms with van der Waals surface area (Å²) in [7, 11) is 1.67. The SMILES string of the molecule is CN(CCOCC1CC1)C(=O)NC1(C(=O)O)CCCCC1. The van der Waals surface area contributed by atoms with Gasteiger partial charge in [-0.15, -0.1) is 0 Å². The van der Waals surface area contributed by atoms with Crippen molar-refractivity contribution in [2.45, 2.75) is 50.5 Å². The van der Waals surface area contributed by atoms with E-state index in [1.165, 1.54) is 17.7 Å². The molecule has 0 radical (unpaired) electrons. The Hall–Kier alpha value is -1.30. The highest BCUT2D eigenvalue weighted by Crippen LogP contribution is 2.29. The number of ether oxygens (including phenoxy) is 1. The van der Waals surface area contributed by atoms with Crippen molar-refractivity contribution in [1.82, 2.24) is 10.2 Å². The topological polar surface area (TPSA) is 78.9 Å². The molecule has 0 heterocycles. The van der Waals surface area contributed by atoms with Crippen molar-refractivity contribution in [2.75, 3.05) is 26.8 Å². The zero-order valence-electron chi connectivity index (χ0n) is 12.8. The number of likely N-dealkylation sites (N-methyl/N-ethyl adjacent to an activating group) is 1. The lowest BCUT2D eigenvalue weighted by Crippen LogP contribution is -2.58.